The fraction of sp³-hybridized carbons (Fsp3) is 0.387. The first-order valence-corrected chi connectivity index (χ1v) is 13.5. The van der Waals surface area contributed by atoms with Crippen molar-refractivity contribution in [3.8, 4) is 11.5 Å². The number of phenols is 1. The molecule has 5 nitrogen and oxygen atoms in total. The Kier molecular flexibility index (Phi) is 7.42. The Morgan fingerprint density at radius 1 is 1.05 bits per heavy atom. The zero-order valence-electron chi connectivity index (χ0n) is 22.4. The van der Waals surface area contributed by atoms with Crippen LogP contribution in [0.1, 0.15) is 67.7 Å². The predicted octanol–water partition coefficient (Wildman–Crippen LogP) is 8.42. The number of urea groups is 1. The first kappa shape index (κ1) is 27.8. The van der Waals surface area contributed by atoms with E-state index in [0.717, 1.165) is 60.1 Å². The van der Waals surface area contributed by atoms with Gasteiger partial charge in [0.25, 0.3) is 0 Å². The molecule has 9 heteroatoms. The number of fused-ring (bicyclic) bond motifs is 1. The van der Waals surface area contributed by atoms with Crippen LogP contribution in [0, 0.1) is 11.7 Å². The van der Waals surface area contributed by atoms with Gasteiger partial charge < -0.3 is 20.5 Å². The Balaban J connectivity index is 1.29. The molecule has 0 bridgehead atoms. The van der Waals surface area contributed by atoms with Crippen LogP contribution in [-0.2, 0) is 18.3 Å². The number of amides is 2. The summed E-state index contributed by atoms with van der Waals surface area (Å²) in [6, 6.07) is 13.1. The molecule has 2 aliphatic carbocycles. The summed E-state index contributed by atoms with van der Waals surface area (Å²) in [4.78, 5) is 12.7. The van der Waals surface area contributed by atoms with Crippen molar-refractivity contribution in [3.05, 3.63) is 82.7 Å². The molecular formula is C31H32F4N2O3. The minimum atomic E-state index is -4.79. The molecule has 5 rings (SSSR count). The lowest BCUT2D eigenvalue weighted by molar-refractivity contribution is -0.274. The molecule has 0 radical (unpaired) electrons. The number of rotatable bonds is 6. The van der Waals surface area contributed by atoms with Crippen LogP contribution in [0.3, 0.4) is 0 Å². The van der Waals surface area contributed by atoms with Gasteiger partial charge in [-0.05, 0) is 108 Å². The number of anilines is 2. The maximum Gasteiger partial charge on any atom is 0.573 e. The highest BCUT2D eigenvalue weighted by Gasteiger charge is 2.40. The van der Waals surface area contributed by atoms with Crippen LogP contribution in [0.4, 0.5) is 33.7 Å². The molecule has 212 valence electrons. The third-order valence-corrected chi connectivity index (χ3v) is 7.78. The summed E-state index contributed by atoms with van der Waals surface area (Å²) in [7, 11) is 0. The number of phenolic OH excluding ortho intramolecular Hbond substituents is 1. The molecule has 3 N–H and O–H groups in total. The number of hydrogen-bond acceptors (Lipinski definition) is 3. The number of aromatic hydroxyl groups is 1. The minimum absolute atomic E-state index is 0.0300. The first-order valence-electron chi connectivity index (χ1n) is 13.5. The maximum atomic E-state index is 15.0. The largest absolute Gasteiger partial charge is 0.573 e. The summed E-state index contributed by atoms with van der Waals surface area (Å²) in [6.45, 7) is 4.25. The van der Waals surface area contributed by atoms with Gasteiger partial charge in [0.05, 0.1) is 0 Å². The van der Waals surface area contributed by atoms with E-state index >= 15 is 4.39 Å². The molecule has 2 aliphatic rings. The molecule has 1 fully saturated rings. The molecule has 2 amide bonds. The van der Waals surface area contributed by atoms with Gasteiger partial charge in [0.2, 0.25) is 0 Å². The highest BCUT2D eigenvalue weighted by Crippen LogP contribution is 2.51. The van der Waals surface area contributed by atoms with Crippen molar-refractivity contribution in [2.45, 2.75) is 70.1 Å². The van der Waals surface area contributed by atoms with Crippen LogP contribution >= 0.6 is 0 Å². The molecule has 0 aliphatic heterocycles. The lowest BCUT2D eigenvalue weighted by Gasteiger charge is -2.31. The van der Waals surface area contributed by atoms with Crippen molar-refractivity contribution in [2.75, 3.05) is 10.6 Å². The van der Waals surface area contributed by atoms with E-state index in [2.05, 4.69) is 29.2 Å². The average Bonchev–Trinajstić information content (AvgIpc) is 3.70. The number of hydrogen-bond donors (Lipinski definition) is 3. The number of carbonyl (C=O) groups is 1. The predicted molar refractivity (Wildman–Crippen MR) is 145 cm³/mol. The smallest absolute Gasteiger partial charge is 0.508 e. The van der Waals surface area contributed by atoms with E-state index in [4.69, 9.17) is 0 Å². The van der Waals surface area contributed by atoms with Crippen molar-refractivity contribution >= 4 is 17.4 Å². The zero-order valence-corrected chi connectivity index (χ0v) is 22.4. The van der Waals surface area contributed by atoms with Crippen LogP contribution < -0.4 is 15.4 Å². The number of benzene rings is 3. The minimum Gasteiger partial charge on any atom is -0.508 e. The van der Waals surface area contributed by atoms with Crippen molar-refractivity contribution < 1.29 is 32.2 Å². The lowest BCUT2D eigenvalue weighted by Crippen LogP contribution is -2.24. The number of para-hydroxylation sites is 1. The standard InChI is InChI=1S/C31H32F4N2O3/c1-30(2)17-18(7-14-23-26(38)16-24(32)27(28(23)30)19-8-9-19)15-20-5-3-4-6-25(20)37-29(39)36-21-10-12-22(13-11-21)40-31(33,34)35/h3-6,10-13,16,18-19,38H,7-9,14-15,17H2,1-2H3,(H2,36,37,39). The summed E-state index contributed by atoms with van der Waals surface area (Å²) < 4.78 is 56.0. The Bertz CT molecular complexity index is 1400. The normalized spacial score (nSPS) is 18.4. The Morgan fingerprint density at radius 2 is 1.75 bits per heavy atom. The number of halogens is 4. The first-order chi connectivity index (χ1) is 18.9. The molecule has 1 atom stereocenters. The van der Waals surface area contributed by atoms with Gasteiger partial charge in [-0.25, -0.2) is 9.18 Å². The molecule has 1 saturated carbocycles. The second-order valence-corrected chi connectivity index (χ2v) is 11.4. The number of alkyl halides is 3. The number of carbonyl (C=O) groups excluding carboxylic acids is 1. The maximum absolute atomic E-state index is 15.0. The quantitative estimate of drug-likeness (QED) is 0.211. The van der Waals surface area contributed by atoms with Gasteiger partial charge in [-0.1, -0.05) is 32.0 Å². The average molecular weight is 557 g/mol. The van der Waals surface area contributed by atoms with Gasteiger partial charge in [0.15, 0.2) is 0 Å². The molecule has 3 aromatic carbocycles. The van der Waals surface area contributed by atoms with Gasteiger partial charge in [-0.2, -0.15) is 0 Å². The number of ether oxygens (including phenoxy) is 1. The zero-order chi connectivity index (χ0) is 28.7. The fourth-order valence-corrected chi connectivity index (χ4v) is 6.10. The fourth-order valence-electron chi connectivity index (χ4n) is 6.10. The van der Waals surface area contributed by atoms with Crippen LogP contribution in [0.15, 0.2) is 54.6 Å². The van der Waals surface area contributed by atoms with Crippen LogP contribution in [0.25, 0.3) is 0 Å². The van der Waals surface area contributed by atoms with Crippen LogP contribution in [0.2, 0.25) is 0 Å². The van der Waals surface area contributed by atoms with Crippen molar-refractivity contribution in [1.82, 2.24) is 0 Å². The molecule has 40 heavy (non-hydrogen) atoms. The van der Waals surface area contributed by atoms with Crippen molar-refractivity contribution in [1.29, 1.82) is 0 Å². The summed E-state index contributed by atoms with van der Waals surface area (Å²) in [5.74, 6) is -0.209. The third kappa shape index (κ3) is 6.35. The summed E-state index contributed by atoms with van der Waals surface area (Å²) in [5, 5.41) is 16.2. The van der Waals surface area contributed by atoms with Crippen molar-refractivity contribution in [2.24, 2.45) is 5.92 Å². The van der Waals surface area contributed by atoms with E-state index in [-0.39, 0.29) is 34.6 Å². The number of nitrogens with one attached hydrogen (secondary N) is 2. The highest BCUT2D eigenvalue weighted by molar-refractivity contribution is 6.00. The Morgan fingerprint density at radius 3 is 2.42 bits per heavy atom. The van der Waals surface area contributed by atoms with Crippen molar-refractivity contribution in [3.63, 3.8) is 0 Å². The molecule has 0 saturated heterocycles. The lowest BCUT2D eigenvalue weighted by atomic mass is 9.73. The van der Waals surface area contributed by atoms with Gasteiger partial charge in [-0.15, -0.1) is 13.2 Å². The SMILES string of the molecule is CC1(C)CC(Cc2ccccc2NC(=O)Nc2ccc(OC(F)(F)F)cc2)CCc2c(O)cc(F)c(C3CC3)c21. The molecule has 0 aromatic heterocycles. The monoisotopic (exact) mass is 556 g/mol. The van der Waals surface area contributed by atoms with Gasteiger partial charge >= 0.3 is 12.4 Å². The summed E-state index contributed by atoms with van der Waals surface area (Å²) in [5.41, 5.74) is 4.14. The van der Waals surface area contributed by atoms with Gasteiger partial charge in [0.1, 0.15) is 17.3 Å². The Labute approximate surface area is 230 Å². The highest BCUT2D eigenvalue weighted by atomic mass is 19.4. The molecule has 1 unspecified atom stereocenters. The van der Waals surface area contributed by atoms with E-state index in [1.807, 2.05) is 18.2 Å². The van der Waals surface area contributed by atoms with E-state index in [1.54, 1.807) is 6.07 Å². The third-order valence-electron chi connectivity index (χ3n) is 7.78. The van der Waals surface area contributed by atoms with Gasteiger partial charge in [-0.3, -0.25) is 0 Å². The molecule has 0 spiro atoms. The van der Waals surface area contributed by atoms with Crippen LogP contribution in [-0.4, -0.2) is 17.5 Å². The Hall–Kier alpha value is -3.75. The topological polar surface area (TPSA) is 70.6 Å². The molecular weight excluding hydrogens is 524 g/mol. The van der Waals surface area contributed by atoms with E-state index < -0.39 is 12.4 Å². The van der Waals surface area contributed by atoms with Gasteiger partial charge in [0, 0.05) is 17.4 Å². The second-order valence-electron chi connectivity index (χ2n) is 11.4. The molecule has 3 aromatic rings. The summed E-state index contributed by atoms with van der Waals surface area (Å²) in [6.07, 6.45) is 0.1000. The van der Waals surface area contributed by atoms with E-state index in [9.17, 15) is 23.1 Å². The van der Waals surface area contributed by atoms with E-state index in [1.165, 1.54) is 18.2 Å². The van der Waals surface area contributed by atoms with Crippen LogP contribution in [0.5, 0.6) is 11.5 Å². The second kappa shape index (κ2) is 10.7. The summed E-state index contributed by atoms with van der Waals surface area (Å²) >= 11 is 0. The van der Waals surface area contributed by atoms with E-state index in [0.29, 0.717) is 24.2 Å². The molecule has 0 heterocycles.